The van der Waals surface area contributed by atoms with E-state index < -0.39 is 0 Å². The second kappa shape index (κ2) is 7.87. The Morgan fingerprint density at radius 3 is 3.04 bits per heavy atom. The largest absolute Gasteiger partial charge is 0.497 e. The van der Waals surface area contributed by atoms with E-state index in [1.807, 2.05) is 23.7 Å². The Morgan fingerprint density at radius 2 is 2.32 bits per heavy atom. The van der Waals surface area contributed by atoms with Gasteiger partial charge in [-0.25, -0.2) is 0 Å². The van der Waals surface area contributed by atoms with Gasteiger partial charge in [-0.3, -0.25) is 4.99 Å². The quantitative estimate of drug-likeness (QED) is 0.617. The molecule has 0 bridgehead atoms. The van der Waals surface area contributed by atoms with Crippen LogP contribution in [0.3, 0.4) is 0 Å². The van der Waals surface area contributed by atoms with Crippen molar-refractivity contribution in [1.29, 1.82) is 0 Å². The molecule has 1 atom stereocenters. The molecule has 2 heterocycles. The van der Waals surface area contributed by atoms with Crippen molar-refractivity contribution >= 4 is 11.6 Å². The summed E-state index contributed by atoms with van der Waals surface area (Å²) in [6.45, 7) is 2.52. The van der Waals surface area contributed by atoms with E-state index in [-0.39, 0.29) is 0 Å². The maximum Gasteiger partial charge on any atom is 0.191 e. The molecule has 25 heavy (non-hydrogen) atoms. The predicted molar refractivity (Wildman–Crippen MR) is 97.9 cm³/mol. The Balaban J connectivity index is 1.53. The van der Waals surface area contributed by atoms with Gasteiger partial charge in [-0.2, -0.15) is 0 Å². The predicted octanol–water partition coefficient (Wildman–Crippen LogP) is 0.768. The third kappa shape index (κ3) is 4.20. The number of nitrogens with one attached hydrogen (secondary N) is 2. The number of benzene rings is 1. The molecule has 1 saturated heterocycles. The van der Waals surface area contributed by atoms with Crippen molar-refractivity contribution in [3.05, 3.63) is 36.4 Å². The highest BCUT2D eigenvalue weighted by molar-refractivity contribution is 5.80. The fourth-order valence-electron chi connectivity index (χ4n) is 2.94. The molecule has 8 heteroatoms. The summed E-state index contributed by atoms with van der Waals surface area (Å²) in [4.78, 5) is 6.66. The Hall–Kier alpha value is -2.77. The van der Waals surface area contributed by atoms with E-state index in [2.05, 4.69) is 42.9 Å². The summed E-state index contributed by atoms with van der Waals surface area (Å²) in [5.41, 5.74) is 1.19. The first-order valence-corrected chi connectivity index (χ1v) is 8.38. The van der Waals surface area contributed by atoms with E-state index in [0.717, 1.165) is 37.0 Å². The molecule has 3 rings (SSSR count). The molecular weight excluding hydrogens is 318 g/mol. The van der Waals surface area contributed by atoms with Crippen LogP contribution >= 0.6 is 0 Å². The average Bonchev–Trinajstić information content (AvgIpc) is 3.27. The number of hydrogen-bond acceptors (Lipinski definition) is 5. The minimum Gasteiger partial charge on any atom is -0.497 e. The fraction of sp³-hybridized carbons (Fsp3) is 0.471. The molecule has 0 spiro atoms. The number of aliphatic imine (C=N–C) groups is 1. The summed E-state index contributed by atoms with van der Waals surface area (Å²) < 4.78 is 7.21. The molecule has 8 nitrogen and oxygen atoms in total. The monoisotopic (exact) mass is 343 g/mol. The number of nitrogens with zero attached hydrogens (tertiary/aromatic N) is 5. The van der Waals surface area contributed by atoms with Crippen LogP contribution in [0.1, 0.15) is 12.2 Å². The Kier molecular flexibility index (Phi) is 5.37. The maximum atomic E-state index is 5.32. The first-order valence-electron chi connectivity index (χ1n) is 8.38. The van der Waals surface area contributed by atoms with Crippen LogP contribution in [-0.4, -0.2) is 54.0 Å². The number of ether oxygens (including phenoxy) is 1. The molecule has 0 amide bonds. The average molecular weight is 343 g/mol. The normalized spacial score (nSPS) is 17.6. The topological polar surface area (TPSA) is 79.6 Å². The smallest absolute Gasteiger partial charge is 0.191 e. The molecule has 1 fully saturated rings. The van der Waals surface area contributed by atoms with Crippen LogP contribution in [0.5, 0.6) is 5.75 Å². The standard InChI is InChI=1S/C17H25N7O/c1-18-17(19-10-16-22-20-12-23(16)2)21-13-7-8-24(11-13)14-5-4-6-15(9-14)25-3/h4-6,9,12-13H,7-8,10-11H2,1-3H3,(H2,18,19,21). The van der Waals surface area contributed by atoms with Crippen molar-refractivity contribution in [3.63, 3.8) is 0 Å². The number of rotatable bonds is 5. The van der Waals surface area contributed by atoms with E-state index in [1.54, 1.807) is 20.5 Å². The van der Waals surface area contributed by atoms with Gasteiger partial charge in [0.05, 0.1) is 13.7 Å². The van der Waals surface area contributed by atoms with E-state index in [4.69, 9.17) is 4.74 Å². The Labute approximate surface area is 147 Å². The van der Waals surface area contributed by atoms with Crippen LogP contribution in [-0.2, 0) is 13.6 Å². The number of hydrogen-bond donors (Lipinski definition) is 2. The lowest BCUT2D eigenvalue weighted by atomic mass is 10.2. The van der Waals surface area contributed by atoms with Crippen LogP contribution in [0.2, 0.25) is 0 Å². The third-order valence-electron chi connectivity index (χ3n) is 4.39. The van der Waals surface area contributed by atoms with Gasteiger partial charge in [-0.15, -0.1) is 10.2 Å². The molecule has 1 aliphatic heterocycles. The number of aromatic nitrogens is 3. The second-order valence-corrected chi connectivity index (χ2v) is 6.06. The number of anilines is 1. The molecule has 134 valence electrons. The molecule has 0 aliphatic carbocycles. The van der Waals surface area contributed by atoms with Crippen LogP contribution in [0.15, 0.2) is 35.6 Å². The van der Waals surface area contributed by atoms with Gasteiger partial charge < -0.3 is 24.8 Å². The van der Waals surface area contributed by atoms with Crippen molar-refractivity contribution in [2.24, 2.45) is 12.0 Å². The van der Waals surface area contributed by atoms with E-state index >= 15 is 0 Å². The summed E-state index contributed by atoms with van der Waals surface area (Å²) in [7, 11) is 5.40. The molecule has 1 unspecified atom stereocenters. The van der Waals surface area contributed by atoms with Crippen LogP contribution in [0, 0.1) is 0 Å². The molecule has 1 aromatic heterocycles. The van der Waals surface area contributed by atoms with E-state index in [1.165, 1.54) is 5.69 Å². The van der Waals surface area contributed by atoms with Crippen molar-refractivity contribution in [3.8, 4) is 5.75 Å². The highest BCUT2D eigenvalue weighted by Crippen LogP contribution is 2.24. The number of guanidine groups is 1. The molecule has 0 radical (unpaired) electrons. The van der Waals surface area contributed by atoms with Gasteiger partial charge in [0.2, 0.25) is 0 Å². The van der Waals surface area contributed by atoms with Crippen LogP contribution in [0.4, 0.5) is 5.69 Å². The minimum absolute atomic E-state index is 0.344. The van der Waals surface area contributed by atoms with Gasteiger partial charge in [-0.05, 0) is 18.6 Å². The van der Waals surface area contributed by atoms with Gasteiger partial charge in [0.25, 0.3) is 0 Å². The van der Waals surface area contributed by atoms with Gasteiger partial charge >= 0.3 is 0 Å². The summed E-state index contributed by atoms with van der Waals surface area (Å²) >= 11 is 0. The highest BCUT2D eigenvalue weighted by atomic mass is 16.5. The summed E-state index contributed by atoms with van der Waals surface area (Å²) in [5.74, 6) is 2.53. The van der Waals surface area contributed by atoms with Crippen molar-refractivity contribution < 1.29 is 4.74 Å². The Bertz CT molecular complexity index is 727. The van der Waals surface area contributed by atoms with Crippen LogP contribution in [0.25, 0.3) is 0 Å². The first kappa shape index (κ1) is 17.1. The SMILES string of the molecule is CN=C(NCc1nncn1C)NC1CCN(c2cccc(OC)c2)C1. The minimum atomic E-state index is 0.344. The lowest BCUT2D eigenvalue weighted by Gasteiger charge is -2.20. The van der Waals surface area contributed by atoms with Gasteiger partial charge in [0, 0.05) is 45.0 Å². The zero-order chi connectivity index (χ0) is 17.6. The highest BCUT2D eigenvalue weighted by Gasteiger charge is 2.23. The molecular formula is C17H25N7O. The first-order chi connectivity index (χ1) is 12.2. The third-order valence-corrected chi connectivity index (χ3v) is 4.39. The van der Waals surface area contributed by atoms with Crippen molar-refractivity contribution in [2.45, 2.75) is 19.0 Å². The molecule has 0 saturated carbocycles. The molecule has 1 aliphatic rings. The van der Waals surface area contributed by atoms with Gasteiger partial charge in [-0.1, -0.05) is 6.07 Å². The van der Waals surface area contributed by atoms with Crippen molar-refractivity contribution in [1.82, 2.24) is 25.4 Å². The Morgan fingerprint density at radius 1 is 1.44 bits per heavy atom. The van der Waals surface area contributed by atoms with Gasteiger partial charge in [0.1, 0.15) is 12.1 Å². The molecule has 2 N–H and O–H groups in total. The summed E-state index contributed by atoms with van der Waals surface area (Å²) in [5, 5.41) is 14.7. The number of aryl methyl sites for hydroxylation is 1. The zero-order valence-electron chi connectivity index (χ0n) is 14.9. The molecule has 2 aromatic rings. The molecule has 1 aromatic carbocycles. The van der Waals surface area contributed by atoms with E-state index in [9.17, 15) is 0 Å². The fourth-order valence-corrected chi connectivity index (χ4v) is 2.94. The maximum absolute atomic E-state index is 5.32. The summed E-state index contributed by atoms with van der Waals surface area (Å²) in [6.07, 6.45) is 2.75. The zero-order valence-corrected chi connectivity index (χ0v) is 14.9. The van der Waals surface area contributed by atoms with Crippen molar-refractivity contribution in [2.75, 3.05) is 32.1 Å². The van der Waals surface area contributed by atoms with Gasteiger partial charge in [0.15, 0.2) is 11.8 Å². The lowest BCUT2D eigenvalue weighted by Crippen LogP contribution is -2.44. The van der Waals surface area contributed by atoms with Crippen LogP contribution < -0.4 is 20.3 Å². The van der Waals surface area contributed by atoms with E-state index in [0.29, 0.717) is 12.6 Å². The summed E-state index contributed by atoms with van der Waals surface area (Å²) in [6, 6.07) is 8.52. The number of methoxy groups -OCH3 is 1. The second-order valence-electron chi connectivity index (χ2n) is 6.06. The lowest BCUT2D eigenvalue weighted by molar-refractivity contribution is 0.415.